The fourth-order valence-corrected chi connectivity index (χ4v) is 2.05. The van der Waals surface area contributed by atoms with Crippen molar-refractivity contribution in [3.8, 4) is 0 Å². The van der Waals surface area contributed by atoms with Crippen LogP contribution in [0.4, 0.5) is 0 Å². The van der Waals surface area contributed by atoms with E-state index in [2.05, 4.69) is 9.97 Å². The summed E-state index contributed by atoms with van der Waals surface area (Å²) in [6.45, 7) is 0. The molecule has 6 heteroatoms. The number of fused-ring (bicyclic) bond motifs is 1. The third-order valence-electron chi connectivity index (χ3n) is 2.13. The van der Waals surface area contributed by atoms with Gasteiger partial charge in [-0.25, -0.2) is 4.98 Å². The predicted octanol–water partition coefficient (Wildman–Crippen LogP) is 1.24. The van der Waals surface area contributed by atoms with Crippen molar-refractivity contribution in [1.29, 1.82) is 0 Å². The van der Waals surface area contributed by atoms with Crippen LogP contribution in [0.3, 0.4) is 0 Å². The molecule has 2 N–H and O–H groups in total. The van der Waals surface area contributed by atoms with Crippen molar-refractivity contribution >= 4 is 28.6 Å². The van der Waals surface area contributed by atoms with Crippen LogP contribution in [0.25, 0.3) is 10.9 Å². The number of nitrogens with one attached hydrogen (secondary N) is 1. The van der Waals surface area contributed by atoms with Crippen LogP contribution in [0.15, 0.2) is 29.1 Å². The summed E-state index contributed by atoms with van der Waals surface area (Å²) in [6.07, 6.45) is 0. The second kappa shape index (κ2) is 5.01. The molecule has 0 aliphatic rings. The number of benzene rings is 1. The highest BCUT2D eigenvalue weighted by Crippen LogP contribution is 2.10. The number of H-pyrrole nitrogens is 1. The van der Waals surface area contributed by atoms with Crippen LogP contribution in [-0.4, -0.2) is 26.8 Å². The van der Waals surface area contributed by atoms with Gasteiger partial charge in [0.05, 0.1) is 22.4 Å². The molecule has 5 nitrogen and oxygen atoms in total. The minimum Gasteiger partial charge on any atom is -0.481 e. The molecule has 1 aromatic carbocycles. The first-order valence-corrected chi connectivity index (χ1v) is 6.10. The molecule has 0 fully saturated rings. The molecule has 1 aromatic heterocycles. The minimum atomic E-state index is -0.877. The van der Waals surface area contributed by atoms with E-state index in [4.69, 9.17) is 5.11 Å². The van der Waals surface area contributed by atoms with Gasteiger partial charge in [-0.15, -0.1) is 11.8 Å². The van der Waals surface area contributed by atoms with Gasteiger partial charge in [0.1, 0.15) is 5.82 Å². The van der Waals surface area contributed by atoms with Gasteiger partial charge in [-0.3, -0.25) is 9.59 Å². The highest BCUT2D eigenvalue weighted by Gasteiger charge is 2.04. The highest BCUT2D eigenvalue weighted by molar-refractivity contribution is 7.99. The fourth-order valence-electron chi connectivity index (χ4n) is 1.44. The summed E-state index contributed by atoms with van der Waals surface area (Å²) in [4.78, 5) is 28.9. The van der Waals surface area contributed by atoms with Gasteiger partial charge in [0.15, 0.2) is 0 Å². The van der Waals surface area contributed by atoms with Crippen molar-refractivity contribution in [3.05, 3.63) is 40.4 Å². The average molecular weight is 250 g/mol. The summed E-state index contributed by atoms with van der Waals surface area (Å²) in [5.74, 6) is 0.00112. The Morgan fingerprint density at radius 3 is 2.94 bits per heavy atom. The van der Waals surface area contributed by atoms with Gasteiger partial charge in [0, 0.05) is 0 Å². The molecular formula is C11H10N2O3S. The van der Waals surface area contributed by atoms with Crippen LogP contribution >= 0.6 is 11.8 Å². The number of aromatic amines is 1. The van der Waals surface area contributed by atoms with Crippen LogP contribution in [0.5, 0.6) is 0 Å². The van der Waals surface area contributed by atoms with Gasteiger partial charge < -0.3 is 10.1 Å². The monoisotopic (exact) mass is 250 g/mol. The van der Waals surface area contributed by atoms with Gasteiger partial charge in [0.25, 0.3) is 5.56 Å². The SMILES string of the molecule is O=C(O)CSCc1nc2ccccc2c(=O)[nH]1. The molecule has 0 unspecified atom stereocenters. The van der Waals surface area contributed by atoms with E-state index in [1.54, 1.807) is 18.2 Å². The maximum Gasteiger partial charge on any atom is 0.313 e. The van der Waals surface area contributed by atoms with Gasteiger partial charge in [-0.05, 0) is 12.1 Å². The zero-order chi connectivity index (χ0) is 12.3. The molecule has 0 saturated carbocycles. The molecular weight excluding hydrogens is 240 g/mol. The lowest BCUT2D eigenvalue weighted by atomic mass is 10.2. The third kappa shape index (κ3) is 2.85. The summed E-state index contributed by atoms with van der Waals surface area (Å²) in [7, 11) is 0. The number of carbonyl (C=O) groups is 1. The van der Waals surface area contributed by atoms with Gasteiger partial charge in [-0.2, -0.15) is 0 Å². The Hall–Kier alpha value is -1.82. The van der Waals surface area contributed by atoms with Crippen LogP contribution in [-0.2, 0) is 10.5 Å². The molecule has 0 aliphatic carbocycles. The number of carboxylic acids is 1. The Morgan fingerprint density at radius 1 is 1.41 bits per heavy atom. The van der Waals surface area contributed by atoms with Crippen molar-refractivity contribution in [2.75, 3.05) is 5.75 Å². The van der Waals surface area contributed by atoms with Crippen molar-refractivity contribution < 1.29 is 9.90 Å². The van der Waals surface area contributed by atoms with Crippen molar-refractivity contribution in [2.24, 2.45) is 0 Å². The van der Waals surface area contributed by atoms with Crippen LogP contribution in [0, 0.1) is 0 Å². The Kier molecular flexibility index (Phi) is 3.43. The summed E-state index contributed by atoms with van der Waals surface area (Å²) >= 11 is 1.20. The normalized spacial score (nSPS) is 10.6. The van der Waals surface area contributed by atoms with E-state index in [1.165, 1.54) is 11.8 Å². The number of hydrogen-bond donors (Lipinski definition) is 2. The molecule has 17 heavy (non-hydrogen) atoms. The third-order valence-corrected chi connectivity index (χ3v) is 3.05. The first-order chi connectivity index (χ1) is 8.16. The first kappa shape index (κ1) is 11.7. The Labute approximate surface area is 101 Å². The Bertz CT molecular complexity index is 609. The number of thioether (sulfide) groups is 1. The number of para-hydroxylation sites is 1. The zero-order valence-electron chi connectivity index (χ0n) is 8.84. The van der Waals surface area contributed by atoms with E-state index in [0.717, 1.165) is 0 Å². The van der Waals surface area contributed by atoms with Gasteiger partial charge in [0.2, 0.25) is 0 Å². The molecule has 0 aliphatic heterocycles. The second-order valence-electron chi connectivity index (χ2n) is 3.42. The van der Waals surface area contributed by atoms with Crippen LogP contribution in [0.1, 0.15) is 5.82 Å². The van der Waals surface area contributed by atoms with E-state index in [-0.39, 0.29) is 11.3 Å². The van der Waals surface area contributed by atoms with Gasteiger partial charge in [-0.1, -0.05) is 12.1 Å². The number of nitrogens with zero attached hydrogens (tertiary/aromatic N) is 1. The maximum absolute atomic E-state index is 11.7. The summed E-state index contributed by atoms with van der Waals surface area (Å²) in [5, 5.41) is 9.05. The first-order valence-electron chi connectivity index (χ1n) is 4.94. The molecule has 0 bridgehead atoms. The Balaban J connectivity index is 2.25. The zero-order valence-corrected chi connectivity index (χ0v) is 9.66. The second-order valence-corrected chi connectivity index (χ2v) is 4.40. The van der Waals surface area contributed by atoms with Crippen molar-refractivity contribution in [3.63, 3.8) is 0 Å². The molecule has 0 spiro atoms. The number of hydrogen-bond acceptors (Lipinski definition) is 4. The fraction of sp³-hybridized carbons (Fsp3) is 0.182. The lowest BCUT2D eigenvalue weighted by molar-refractivity contribution is -0.133. The molecule has 88 valence electrons. The quantitative estimate of drug-likeness (QED) is 0.853. The molecule has 2 aromatic rings. The standard InChI is InChI=1S/C11H10N2O3S/c14-10(15)6-17-5-9-12-8-4-2-1-3-7(8)11(16)13-9/h1-4H,5-6H2,(H,14,15)(H,12,13,16). The van der Waals surface area contributed by atoms with E-state index in [0.29, 0.717) is 22.5 Å². The largest absolute Gasteiger partial charge is 0.481 e. The minimum absolute atomic E-state index is 0.00344. The molecule has 2 rings (SSSR count). The Morgan fingerprint density at radius 2 is 2.18 bits per heavy atom. The predicted molar refractivity (Wildman–Crippen MR) is 66.2 cm³/mol. The van der Waals surface area contributed by atoms with E-state index in [1.807, 2.05) is 6.07 Å². The number of rotatable bonds is 4. The average Bonchev–Trinajstić information content (AvgIpc) is 2.28. The smallest absolute Gasteiger partial charge is 0.313 e. The summed E-state index contributed by atoms with van der Waals surface area (Å²) < 4.78 is 0. The van der Waals surface area contributed by atoms with E-state index < -0.39 is 5.97 Å². The molecule has 0 radical (unpaired) electrons. The number of aliphatic carboxylic acids is 1. The molecule has 0 amide bonds. The van der Waals surface area contributed by atoms with E-state index in [9.17, 15) is 9.59 Å². The number of aromatic nitrogens is 2. The van der Waals surface area contributed by atoms with Crippen molar-refractivity contribution in [2.45, 2.75) is 5.75 Å². The number of carboxylic acid groups (broad SMARTS) is 1. The highest BCUT2D eigenvalue weighted by atomic mass is 32.2. The maximum atomic E-state index is 11.7. The summed E-state index contributed by atoms with van der Waals surface area (Å²) in [6, 6.07) is 7.05. The van der Waals surface area contributed by atoms with Crippen LogP contribution in [0.2, 0.25) is 0 Å². The van der Waals surface area contributed by atoms with Crippen molar-refractivity contribution in [1.82, 2.24) is 9.97 Å². The lowest BCUT2D eigenvalue weighted by Crippen LogP contribution is -2.11. The van der Waals surface area contributed by atoms with E-state index >= 15 is 0 Å². The van der Waals surface area contributed by atoms with Crippen LogP contribution < -0.4 is 5.56 Å². The van der Waals surface area contributed by atoms with Gasteiger partial charge >= 0.3 is 5.97 Å². The summed E-state index contributed by atoms with van der Waals surface area (Å²) in [5.41, 5.74) is 0.434. The molecule has 0 atom stereocenters. The molecule has 0 saturated heterocycles. The lowest BCUT2D eigenvalue weighted by Gasteiger charge is -2.01. The topological polar surface area (TPSA) is 83.0 Å². The molecule has 1 heterocycles.